The smallest absolute Gasteiger partial charge is 0.0603 e. The molecule has 0 saturated carbocycles. The summed E-state index contributed by atoms with van der Waals surface area (Å²) >= 11 is 0. The standard InChI is InChI=1S/C13H21N3/c1-11-4-5-13(12(10-11)14-2)16-8-6-15(3)7-9-16/h4-5,10,14H,6-9H2,1-3H3. The minimum Gasteiger partial charge on any atom is -0.386 e. The zero-order valence-electron chi connectivity index (χ0n) is 10.5. The van der Waals surface area contributed by atoms with Crippen molar-refractivity contribution in [1.29, 1.82) is 0 Å². The van der Waals surface area contributed by atoms with Gasteiger partial charge in [-0.05, 0) is 31.7 Å². The minimum atomic E-state index is 1.12. The number of hydrogen-bond donors (Lipinski definition) is 1. The number of piperazine rings is 1. The van der Waals surface area contributed by atoms with Gasteiger partial charge in [0.15, 0.2) is 0 Å². The van der Waals surface area contributed by atoms with Gasteiger partial charge in [-0.2, -0.15) is 0 Å². The van der Waals surface area contributed by atoms with E-state index in [0.717, 1.165) is 26.2 Å². The van der Waals surface area contributed by atoms with Gasteiger partial charge in [-0.25, -0.2) is 0 Å². The van der Waals surface area contributed by atoms with Crippen molar-refractivity contribution in [2.45, 2.75) is 6.92 Å². The summed E-state index contributed by atoms with van der Waals surface area (Å²) in [5, 5.41) is 3.29. The van der Waals surface area contributed by atoms with Crippen LogP contribution < -0.4 is 10.2 Å². The van der Waals surface area contributed by atoms with Gasteiger partial charge in [0.2, 0.25) is 0 Å². The monoisotopic (exact) mass is 219 g/mol. The highest BCUT2D eigenvalue weighted by atomic mass is 15.3. The molecule has 88 valence electrons. The van der Waals surface area contributed by atoms with Gasteiger partial charge in [-0.15, -0.1) is 0 Å². The van der Waals surface area contributed by atoms with Gasteiger partial charge in [0.1, 0.15) is 0 Å². The van der Waals surface area contributed by atoms with Crippen molar-refractivity contribution in [1.82, 2.24) is 4.90 Å². The molecule has 0 aromatic heterocycles. The van der Waals surface area contributed by atoms with E-state index in [1.807, 2.05) is 7.05 Å². The van der Waals surface area contributed by atoms with Crippen molar-refractivity contribution in [3.8, 4) is 0 Å². The van der Waals surface area contributed by atoms with Crippen LogP contribution in [0, 0.1) is 6.92 Å². The van der Waals surface area contributed by atoms with E-state index in [9.17, 15) is 0 Å². The van der Waals surface area contributed by atoms with E-state index in [4.69, 9.17) is 0 Å². The second kappa shape index (κ2) is 4.74. The molecule has 2 rings (SSSR count). The highest BCUT2D eigenvalue weighted by Gasteiger charge is 2.16. The molecule has 1 saturated heterocycles. The van der Waals surface area contributed by atoms with Crippen molar-refractivity contribution < 1.29 is 0 Å². The van der Waals surface area contributed by atoms with E-state index in [1.54, 1.807) is 0 Å². The van der Waals surface area contributed by atoms with Crippen LogP contribution in [0.2, 0.25) is 0 Å². The van der Waals surface area contributed by atoms with E-state index in [0.29, 0.717) is 0 Å². The molecule has 0 spiro atoms. The van der Waals surface area contributed by atoms with Crippen LogP contribution in [-0.2, 0) is 0 Å². The molecule has 1 fully saturated rings. The topological polar surface area (TPSA) is 18.5 Å². The van der Waals surface area contributed by atoms with Gasteiger partial charge < -0.3 is 15.1 Å². The lowest BCUT2D eigenvalue weighted by molar-refractivity contribution is 0.313. The van der Waals surface area contributed by atoms with Gasteiger partial charge in [0.05, 0.1) is 11.4 Å². The predicted octanol–water partition coefficient (Wildman–Crippen LogP) is 1.79. The Kier molecular flexibility index (Phi) is 3.34. The summed E-state index contributed by atoms with van der Waals surface area (Å²) in [6.07, 6.45) is 0. The number of nitrogens with one attached hydrogen (secondary N) is 1. The van der Waals surface area contributed by atoms with Crippen molar-refractivity contribution in [2.75, 3.05) is 50.5 Å². The number of aryl methyl sites for hydroxylation is 1. The normalized spacial score (nSPS) is 17.6. The third-order valence-electron chi connectivity index (χ3n) is 3.27. The molecule has 0 unspecified atom stereocenters. The minimum absolute atomic E-state index is 1.12. The first-order chi connectivity index (χ1) is 7.70. The number of rotatable bonds is 2. The summed E-state index contributed by atoms with van der Waals surface area (Å²) in [6, 6.07) is 6.63. The molecule has 1 aromatic carbocycles. The Labute approximate surface area is 98.0 Å². The molecule has 1 heterocycles. The summed E-state index contributed by atoms with van der Waals surface area (Å²) in [4.78, 5) is 4.84. The third kappa shape index (κ3) is 2.30. The van der Waals surface area contributed by atoms with Crippen LogP contribution >= 0.6 is 0 Å². The van der Waals surface area contributed by atoms with Gasteiger partial charge in [-0.1, -0.05) is 6.07 Å². The molecule has 3 nitrogen and oxygen atoms in total. The Hall–Kier alpha value is -1.22. The molecule has 1 N–H and O–H groups in total. The zero-order chi connectivity index (χ0) is 11.5. The summed E-state index contributed by atoms with van der Waals surface area (Å²) < 4.78 is 0. The molecule has 0 amide bonds. The molecule has 3 heteroatoms. The lowest BCUT2D eigenvalue weighted by atomic mass is 10.1. The average molecular weight is 219 g/mol. The fraction of sp³-hybridized carbons (Fsp3) is 0.538. The highest BCUT2D eigenvalue weighted by molar-refractivity contribution is 5.71. The fourth-order valence-corrected chi connectivity index (χ4v) is 2.17. The van der Waals surface area contributed by atoms with E-state index >= 15 is 0 Å². The lowest BCUT2D eigenvalue weighted by Gasteiger charge is -2.35. The molecule has 1 aromatic rings. The average Bonchev–Trinajstić information content (AvgIpc) is 2.30. The van der Waals surface area contributed by atoms with Crippen LogP contribution in [-0.4, -0.2) is 45.2 Å². The van der Waals surface area contributed by atoms with E-state index < -0.39 is 0 Å². The first-order valence-electron chi connectivity index (χ1n) is 5.92. The molecule has 0 aliphatic carbocycles. The summed E-state index contributed by atoms with van der Waals surface area (Å²) in [5.74, 6) is 0. The molecular formula is C13H21N3. The summed E-state index contributed by atoms with van der Waals surface area (Å²) in [7, 11) is 4.18. The largest absolute Gasteiger partial charge is 0.386 e. The summed E-state index contributed by atoms with van der Waals surface area (Å²) in [5.41, 5.74) is 3.88. The van der Waals surface area contributed by atoms with Gasteiger partial charge >= 0.3 is 0 Å². The Bertz CT molecular complexity index is 354. The molecule has 16 heavy (non-hydrogen) atoms. The van der Waals surface area contributed by atoms with Gasteiger partial charge in [0, 0.05) is 33.2 Å². The van der Waals surface area contributed by atoms with Crippen LogP contribution in [0.15, 0.2) is 18.2 Å². The van der Waals surface area contributed by atoms with Crippen molar-refractivity contribution in [3.05, 3.63) is 23.8 Å². The van der Waals surface area contributed by atoms with E-state index in [1.165, 1.54) is 16.9 Å². The second-order valence-electron chi connectivity index (χ2n) is 4.56. The molecule has 0 radical (unpaired) electrons. The maximum absolute atomic E-state index is 3.29. The van der Waals surface area contributed by atoms with E-state index in [-0.39, 0.29) is 0 Å². The predicted molar refractivity (Wildman–Crippen MR) is 70.4 cm³/mol. The number of likely N-dealkylation sites (N-methyl/N-ethyl adjacent to an activating group) is 1. The molecule has 0 atom stereocenters. The molecule has 1 aliphatic heterocycles. The quantitative estimate of drug-likeness (QED) is 0.818. The first kappa shape index (κ1) is 11.3. The van der Waals surface area contributed by atoms with Crippen molar-refractivity contribution in [3.63, 3.8) is 0 Å². The maximum Gasteiger partial charge on any atom is 0.0603 e. The molecule has 0 bridgehead atoms. The third-order valence-corrected chi connectivity index (χ3v) is 3.27. The van der Waals surface area contributed by atoms with Crippen LogP contribution in [0.25, 0.3) is 0 Å². The molecule has 1 aliphatic rings. The zero-order valence-corrected chi connectivity index (χ0v) is 10.5. The van der Waals surface area contributed by atoms with Gasteiger partial charge in [-0.3, -0.25) is 0 Å². The Morgan fingerprint density at radius 2 is 1.81 bits per heavy atom. The summed E-state index contributed by atoms with van der Waals surface area (Å²) in [6.45, 7) is 6.67. The lowest BCUT2D eigenvalue weighted by Crippen LogP contribution is -2.44. The fourth-order valence-electron chi connectivity index (χ4n) is 2.17. The van der Waals surface area contributed by atoms with Crippen molar-refractivity contribution >= 4 is 11.4 Å². The Balaban J connectivity index is 2.19. The Morgan fingerprint density at radius 3 is 2.44 bits per heavy atom. The van der Waals surface area contributed by atoms with E-state index in [2.05, 4.69) is 47.3 Å². The number of anilines is 2. The number of hydrogen-bond acceptors (Lipinski definition) is 3. The SMILES string of the molecule is CNc1cc(C)ccc1N1CCN(C)CC1. The number of nitrogens with zero attached hydrogens (tertiary/aromatic N) is 2. The second-order valence-corrected chi connectivity index (χ2v) is 4.56. The van der Waals surface area contributed by atoms with Gasteiger partial charge in [0.25, 0.3) is 0 Å². The van der Waals surface area contributed by atoms with Crippen LogP contribution in [0.5, 0.6) is 0 Å². The van der Waals surface area contributed by atoms with Crippen LogP contribution in [0.3, 0.4) is 0 Å². The first-order valence-corrected chi connectivity index (χ1v) is 5.92. The maximum atomic E-state index is 3.29. The van der Waals surface area contributed by atoms with Crippen molar-refractivity contribution in [2.24, 2.45) is 0 Å². The van der Waals surface area contributed by atoms with Crippen LogP contribution in [0.4, 0.5) is 11.4 Å². The Morgan fingerprint density at radius 1 is 1.12 bits per heavy atom. The number of benzene rings is 1. The molecular weight excluding hydrogens is 198 g/mol. The van der Waals surface area contributed by atoms with Crippen LogP contribution in [0.1, 0.15) is 5.56 Å². The highest BCUT2D eigenvalue weighted by Crippen LogP contribution is 2.27.